The Labute approximate surface area is 109 Å². The Morgan fingerprint density at radius 1 is 1.31 bits per heavy atom. The van der Waals surface area contributed by atoms with Crippen molar-refractivity contribution in [2.45, 2.75) is 37.8 Å². The van der Waals surface area contributed by atoms with Crippen LogP contribution >= 0.6 is 27.5 Å². The highest BCUT2D eigenvalue weighted by Crippen LogP contribution is 2.28. The van der Waals surface area contributed by atoms with Crippen molar-refractivity contribution in [2.75, 3.05) is 5.32 Å². The maximum Gasteiger partial charge on any atom is 0.0741 e. The Kier molecular flexibility index (Phi) is 4.11. The molecule has 2 rings (SSSR count). The van der Waals surface area contributed by atoms with Crippen molar-refractivity contribution in [3.63, 3.8) is 0 Å². The van der Waals surface area contributed by atoms with Gasteiger partial charge in [0.05, 0.1) is 17.2 Å². The molecule has 1 aromatic carbocycles. The van der Waals surface area contributed by atoms with Crippen LogP contribution in [0.1, 0.15) is 25.7 Å². The number of aliphatic hydroxyl groups excluding tert-OH is 1. The first-order chi connectivity index (χ1) is 7.66. The highest BCUT2D eigenvalue weighted by Gasteiger charge is 2.22. The molecule has 16 heavy (non-hydrogen) atoms. The van der Waals surface area contributed by atoms with Crippen LogP contribution in [0.15, 0.2) is 22.7 Å². The third kappa shape index (κ3) is 2.90. The molecule has 1 aromatic rings. The maximum absolute atomic E-state index is 9.85. The van der Waals surface area contributed by atoms with E-state index in [4.69, 9.17) is 11.6 Å². The predicted molar refractivity (Wildman–Crippen MR) is 71.0 cm³/mol. The van der Waals surface area contributed by atoms with Crippen LogP contribution < -0.4 is 5.32 Å². The van der Waals surface area contributed by atoms with Crippen molar-refractivity contribution in [2.24, 2.45) is 0 Å². The normalized spacial score (nSPS) is 25.4. The molecule has 0 spiro atoms. The molecule has 0 aliphatic heterocycles. The number of rotatable bonds is 2. The first kappa shape index (κ1) is 12.2. The molecule has 4 heteroatoms. The van der Waals surface area contributed by atoms with E-state index in [-0.39, 0.29) is 12.1 Å². The molecule has 1 aliphatic carbocycles. The number of nitrogens with one attached hydrogen (secondary N) is 1. The van der Waals surface area contributed by atoms with Gasteiger partial charge in [0.1, 0.15) is 0 Å². The molecule has 0 heterocycles. The first-order valence-electron chi connectivity index (χ1n) is 5.56. The molecule has 0 radical (unpaired) electrons. The summed E-state index contributed by atoms with van der Waals surface area (Å²) in [5, 5.41) is 13.9. The van der Waals surface area contributed by atoms with Crippen molar-refractivity contribution in [1.82, 2.24) is 0 Å². The zero-order valence-corrected chi connectivity index (χ0v) is 11.3. The lowest BCUT2D eigenvalue weighted by Gasteiger charge is -2.29. The van der Waals surface area contributed by atoms with E-state index in [0.717, 1.165) is 29.4 Å². The summed E-state index contributed by atoms with van der Waals surface area (Å²) >= 11 is 9.32. The van der Waals surface area contributed by atoms with Crippen molar-refractivity contribution in [3.8, 4) is 0 Å². The predicted octanol–water partition coefficient (Wildman–Crippen LogP) is 3.82. The van der Waals surface area contributed by atoms with Crippen molar-refractivity contribution in [3.05, 3.63) is 27.7 Å². The van der Waals surface area contributed by atoms with E-state index in [1.165, 1.54) is 6.42 Å². The van der Waals surface area contributed by atoms with E-state index in [1.807, 2.05) is 18.2 Å². The van der Waals surface area contributed by atoms with E-state index in [0.29, 0.717) is 5.02 Å². The van der Waals surface area contributed by atoms with E-state index in [2.05, 4.69) is 21.2 Å². The molecular weight excluding hydrogens is 289 g/mol. The SMILES string of the molecule is O[C@H]1CCCC[C@@H]1Nc1ccc(Cl)c(Br)c1. The maximum atomic E-state index is 9.85. The smallest absolute Gasteiger partial charge is 0.0741 e. The average molecular weight is 305 g/mol. The van der Waals surface area contributed by atoms with E-state index in [1.54, 1.807) is 0 Å². The minimum Gasteiger partial charge on any atom is -0.391 e. The van der Waals surface area contributed by atoms with Crippen LogP contribution in [0.2, 0.25) is 5.02 Å². The highest BCUT2D eigenvalue weighted by atomic mass is 79.9. The van der Waals surface area contributed by atoms with E-state index >= 15 is 0 Å². The molecule has 1 saturated carbocycles. The first-order valence-corrected chi connectivity index (χ1v) is 6.73. The third-order valence-corrected chi connectivity index (χ3v) is 4.22. The lowest BCUT2D eigenvalue weighted by atomic mass is 9.92. The number of aliphatic hydroxyl groups is 1. The monoisotopic (exact) mass is 303 g/mol. The Morgan fingerprint density at radius 2 is 2.06 bits per heavy atom. The third-order valence-electron chi connectivity index (χ3n) is 3.00. The summed E-state index contributed by atoms with van der Waals surface area (Å²) in [6, 6.07) is 5.91. The molecular formula is C12H15BrClNO. The molecule has 2 atom stereocenters. The van der Waals surface area contributed by atoms with Crippen LogP contribution in [-0.2, 0) is 0 Å². The number of anilines is 1. The van der Waals surface area contributed by atoms with Gasteiger partial charge in [-0.25, -0.2) is 0 Å². The average Bonchev–Trinajstić information content (AvgIpc) is 2.27. The van der Waals surface area contributed by atoms with Gasteiger partial charge in [-0.1, -0.05) is 24.4 Å². The number of hydrogen-bond acceptors (Lipinski definition) is 2. The molecule has 0 bridgehead atoms. The minimum absolute atomic E-state index is 0.168. The van der Waals surface area contributed by atoms with Gasteiger partial charge in [0.2, 0.25) is 0 Å². The fourth-order valence-corrected chi connectivity index (χ4v) is 2.58. The van der Waals surface area contributed by atoms with Gasteiger partial charge >= 0.3 is 0 Å². The van der Waals surface area contributed by atoms with Crippen molar-refractivity contribution >= 4 is 33.2 Å². The van der Waals surface area contributed by atoms with Crippen LogP contribution in [0.3, 0.4) is 0 Å². The minimum atomic E-state index is -0.233. The van der Waals surface area contributed by atoms with Crippen LogP contribution in [0, 0.1) is 0 Å². The second-order valence-electron chi connectivity index (χ2n) is 4.23. The summed E-state index contributed by atoms with van der Waals surface area (Å²) in [4.78, 5) is 0. The van der Waals surface area contributed by atoms with Gasteiger partial charge in [-0.2, -0.15) is 0 Å². The van der Waals surface area contributed by atoms with Crippen molar-refractivity contribution in [1.29, 1.82) is 0 Å². The summed E-state index contributed by atoms with van der Waals surface area (Å²) in [5.41, 5.74) is 1.00. The molecule has 0 unspecified atom stereocenters. The number of hydrogen-bond donors (Lipinski definition) is 2. The lowest BCUT2D eigenvalue weighted by molar-refractivity contribution is 0.116. The van der Waals surface area contributed by atoms with E-state index < -0.39 is 0 Å². The van der Waals surface area contributed by atoms with Crippen LogP contribution in [0.4, 0.5) is 5.69 Å². The molecule has 0 aromatic heterocycles. The van der Waals surface area contributed by atoms with Gasteiger partial charge in [-0.15, -0.1) is 0 Å². The van der Waals surface area contributed by atoms with Gasteiger partial charge in [0.15, 0.2) is 0 Å². The lowest BCUT2D eigenvalue weighted by Crippen LogP contribution is -2.36. The van der Waals surface area contributed by atoms with Gasteiger partial charge in [0.25, 0.3) is 0 Å². The summed E-state index contributed by atoms with van der Waals surface area (Å²) in [6.07, 6.45) is 4.00. The topological polar surface area (TPSA) is 32.3 Å². The molecule has 2 N–H and O–H groups in total. The Bertz CT molecular complexity index is 372. The Balaban J connectivity index is 2.05. The largest absolute Gasteiger partial charge is 0.391 e. The zero-order chi connectivity index (χ0) is 11.5. The molecule has 0 saturated heterocycles. The zero-order valence-electron chi connectivity index (χ0n) is 8.92. The Hall–Kier alpha value is -0.250. The molecule has 2 nitrogen and oxygen atoms in total. The summed E-state index contributed by atoms with van der Waals surface area (Å²) in [6.45, 7) is 0. The van der Waals surface area contributed by atoms with Crippen LogP contribution in [0.25, 0.3) is 0 Å². The molecule has 0 amide bonds. The van der Waals surface area contributed by atoms with Crippen LogP contribution in [-0.4, -0.2) is 17.3 Å². The van der Waals surface area contributed by atoms with Gasteiger partial charge in [0, 0.05) is 10.2 Å². The highest BCUT2D eigenvalue weighted by molar-refractivity contribution is 9.10. The second-order valence-corrected chi connectivity index (χ2v) is 5.49. The quantitative estimate of drug-likeness (QED) is 0.870. The number of benzene rings is 1. The fourth-order valence-electron chi connectivity index (χ4n) is 2.08. The summed E-state index contributed by atoms with van der Waals surface area (Å²) in [7, 11) is 0. The molecule has 1 fully saturated rings. The summed E-state index contributed by atoms with van der Waals surface area (Å²) < 4.78 is 0.879. The van der Waals surface area contributed by atoms with Crippen LogP contribution in [0.5, 0.6) is 0 Å². The van der Waals surface area contributed by atoms with Gasteiger partial charge in [-0.05, 0) is 47.0 Å². The second kappa shape index (κ2) is 5.39. The van der Waals surface area contributed by atoms with Gasteiger partial charge in [-0.3, -0.25) is 0 Å². The summed E-state index contributed by atoms with van der Waals surface area (Å²) in [5.74, 6) is 0. The van der Waals surface area contributed by atoms with Gasteiger partial charge < -0.3 is 10.4 Å². The Morgan fingerprint density at radius 3 is 2.75 bits per heavy atom. The standard InChI is InChI=1S/C12H15BrClNO/c13-9-7-8(5-6-10(9)14)15-11-3-1-2-4-12(11)16/h5-7,11-12,15-16H,1-4H2/t11-,12-/m0/s1. The number of halogens is 2. The van der Waals surface area contributed by atoms with E-state index in [9.17, 15) is 5.11 Å². The molecule has 88 valence electrons. The molecule has 1 aliphatic rings. The van der Waals surface area contributed by atoms with Crippen molar-refractivity contribution < 1.29 is 5.11 Å². The fraction of sp³-hybridized carbons (Fsp3) is 0.500.